The molecular weight excluding hydrogens is 427 g/mol. The highest BCUT2D eigenvalue weighted by Crippen LogP contribution is 2.32. The van der Waals surface area contributed by atoms with E-state index in [9.17, 15) is 9.50 Å². The molecule has 3 aromatic heterocycles. The molecule has 11 heteroatoms. The zero-order valence-corrected chi connectivity index (χ0v) is 18.9. The molecule has 0 spiro atoms. The number of ether oxygens (including phenoxy) is 1. The Morgan fingerprint density at radius 2 is 2.12 bits per heavy atom. The van der Waals surface area contributed by atoms with E-state index in [1.807, 2.05) is 12.4 Å². The van der Waals surface area contributed by atoms with Crippen molar-refractivity contribution in [3.05, 3.63) is 36.2 Å². The van der Waals surface area contributed by atoms with Crippen LogP contribution in [0, 0.1) is 5.82 Å². The van der Waals surface area contributed by atoms with E-state index in [1.54, 1.807) is 18.5 Å². The van der Waals surface area contributed by atoms with Crippen LogP contribution in [0.2, 0.25) is 0 Å². The van der Waals surface area contributed by atoms with E-state index in [1.165, 1.54) is 23.8 Å². The lowest BCUT2D eigenvalue weighted by atomic mass is 9.97. The number of rotatable bonds is 5. The Balaban J connectivity index is 1.47. The average molecular weight is 455 g/mol. The summed E-state index contributed by atoms with van der Waals surface area (Å²) >= 11 is 0. The molecule has 1 aliphatic heterocycles. The predicted octanol–water partition coefficient (Wildman–Crippen LogP) is 2.36. The smallest absolute Gasteiger partial charge is 0.223 e. The molecule has 0 aliphatic carbocycles. The standard InChI is InChI=1S/C22H27FN8O2/c1-22(2,32)12-30-11-15(9-25-30)29-6-4-5-13(10-29)19-27-20-16-7-14(23)8-17(33-3)18(16)26-21(24)31(20)28-19/h7-9,11,13,32H,4-6,10,12H2,1-3H3,(H2,24,26)/t13-/m1/s1. The van der Waals surface area contributed by atoms with Crippen molar-refractivity contribution in [1.82, 2.24) is 29.4 Å². The lowest BCUT2D eigenvalue weighted by Crippen LogP contribution is -2.34. The molecule has 0 saturated carbocycles. The van der Waals surface area contributed by atoms with Gasteiger partial charge < -0.3 is 20.5 Å². The molecule has 33 heavy (non-hydrogen) atoms. The van der Waals surface area contributed by atoms with Gasteiger partial charge in [-0.1, -0.05) is 0 Å². The Hall–Kier alpha value is -3.47. The molecule has 1 atom stereocenters. The van der Waals surface area contributed by atoms with Crippen molar-refractivity contribution in [1.29, 1.82) is 0 Å². The van der Waals surface area contributed by atoms with Gasteiger partial charge in [0.25, 0.3) is 0 Å². The summed E-state index contributed by atoms with van der Waals surface area (Å²) in [6.45, 7) is 5.54. The Morgan fingerprint density at radius 3 is 2.88 bits per heavy atom. The number of nitrogens with two attached hydrogens (primary N) is 1. The fourth-order valence-electron chi connectivity index (χ4n) is 4.43. The van der Waals surface area contributed by atoms with Gasteiger partial charge in [0.1, 0.15) is 17.1 Å². The minimum atomic E-state index is -0.840. The normalized spacial score (nSPS) is 17.2. The number of hydrogen-bond acceptors (Lipinski definition) is 8. The number of nitrogen functional groups attached to an aromatic ring is 1. The molecule has 4 heterocycles. The molecule has 10 nitrogen and oxygen atoms in total. The molecule has 1 aromatic carbocycles. The second-order valence-electron chi connectivity index (χ2n) is 9.17. The van der Waals surface area contributed by atoms with Crippen molar-refractivity contribution < 1.29 is 14.2 Å². The molecule has 1 aliphatic rings. The summed E-state index contributed by atoms with van der Waals surface area (Å²) < 4.78 is 22.7. The van der Waals surface area contributed by atoms with Crippen LogP contribution in [-0.2, 0) is 6.54 Å². The van der Waals surface area contributed by atoms with Crippen molar-refractivity contribution in [2.45, 2.75) is 44.8 Å². The fraction of sp³-hybridized carbons (Fsp3) is 0.455. The van der Waals surface area contributed by atoms with E-state index in [0.29, 0.717) is 41.2 Å². The third-order valence-electron chi connectivity index (χ3n) is 5.89. The number of piperidine rings is 1. The second kappa shape index (κ2) is 7.84. The maximum absolute atomic E-state index is 14.2. The molecule has 3 N–H and O–H groups in total. The minimum Gasteiger partial charge on any atom is -0.494 e. The minimum absolute atomic E-state index is 0.0705. The first-order valence-corrected chi connectivity index (χ1v) is 10.9. The quantitative estimate of drug-likeness (QED) is 0.472. The number of halogens is 1. The first-order valence-electron chi connectivity index (χ1n) is 10.9. The van der Waals surface area contributed by atoms with Crippen molar-refractivity contribution in [3.8, 4) is 5.75 Å². The topological polar surface area (TPSA) is 120 Å². The largest absolute Gasteiger partial charge is 0.494 e. The zero-order chi connectivity index (χ0) is 23.3. The molecule has 0 amide bonds. The van der Waals surface area contributed by atoms with Gasteiger partial charge in [0, 0.05) is 31.3 Å². The molecule has 0 bridgehead atoms. The summed E-state index contributed by atoms with van der Waals surface area (Å²) in [5, 5.41) is 19.6. The van der Waals surface area contributed by atoms with Crippen LogP contribution in [0.3, 0.4) is 0 Å². The molecule has 0 radical (unpaired) electrons. The third-order valence-corrected chi connectivity index (χ3v) is 5.89. The molecule has 1 fully saturated rings. The van der Waals surface area contributed by atoms with Gasteiger partial charge in [-0.15, -0.1) is 5.10 Å². The van der Waals surface area contributed by atoms with Crippen LogP contribution in [0.4, 0.5) is 16.0 Å². The number of fused-ring (bicyclic) bond motifs is 3. The van der Waals surface area contributed by atoms with Gasteiger partial charge >= 0.3 is 0 Å². The van der Waals surface area contributed by atoms with Crippen LogP contribution in [0.15, 0.2) is 24.5 Å². The fourth-order valence-corrected chi connectivity index (χ4v) is 4.43. The summed E-state index contributed by atoms with van der Waals surface area (Å²) in [6.07, 6.45) is 5.65. The van der Waals surface area contributed by atoms with Crippen LogP contribution in [0.25, 0.3) is 16.6 Å². The summed E-state index contributed by atoms with van der Waals surface area (Å²) in [7, 11) is 1.46. The lowest BCUT2D eigenvalue weighted by Gasteiger charge is -2.32. The second-order valence-corrected chi connectivity index (χ2v) is 9.17. The van der Waals surface area contributed by atoms with Crippen LogP contribution in [0.5, 0.6) is 5.75 Å². The van der Waals surface area contributed by atoms with E-state index in [4.69, 9.17) is 15.5 Å². The van der Waals surface area contributed by atoms with E-state index in [-0.39, 0.29) is 11.9 Å². The predicted molar refractivity (Wildman–Crippen MR) is 122 cm³/mol. The van der Waals surface area contributed by atoms with E-state index in [0.717, 1.165) is 25.1 Å². The summed E-state index contributed by atoms with van der Waals surface area (Å²) in [5.74, 6) is 0.746. The molecular formula is C22H27FN8O2. The first-order chi connectivity index (χ1) is 15.7. The van der Waals surface area contributed by atoms with Crippen molar-refractivity contribution in [2.24, 2.45) is 0 Å². The van der Waals surface area contributed by atoms with Gasteiger partial charge in [-0.3, -0.25) is 4.68 Å². The Labute approximate surface area is 189 Å². The SMILES string of the molecule is COc1cc(F)cc2c1nc(N)n1nc([C@@H]3CCCN(c4cnn(CC(C)(C)O)c4)C3)nc21. The van der Waals surface area contributed by atoms with Crippen LogP contribution < -0.4 is 15.4 Å². The van der Waals surface area contributed by atoms with Crippen molar-refractivity contribution in [2.75, 3.05) is 30.8 Å². The number of benzene rings is 1. The van der Waals surface area contributed by atoms with Gasteiger partial charge in [0.2, 0.25) is 5.95 Å². The summed E-state index contributed by atoms with van der Waals surface area (Å²) in [6, 6.07) is 2.65. The number of hydrogen-bond donors (Lipinski definition) is 2. The maximum atomic E-state index is 14.2. The number of nitrogens with zero attached hydrogens (tertiary/aromatic N) is 7. The zero-order valence-electron chi connectivity index (χ0n) is 18.9. The Morgan fingerprint density at radius 1 is 1.30 bits per heavy atom. The summed E-state index contributed by atoms with van der Waals surface area (Å²) in [4.78, 5) is 11.4. The van der Waals surface area contributed by atoms with Gasteiger partial charge in [-0.2, -0.15) is 9.61 Å². The first kappa shape index (κ1) is 21.4. The number of anilines is 2. The third kappa shape index (κ3) is 4.04. The van der Waals surface area contributed by atoms with Crippen molar-refractivity contribution >= 4 is 28.2 Å². The van der Waals surface area contributed by atoms with Crippen LogP contribution in [-0.4, -0.2) is 60.3 Å². The maximum Gasteiger partial charge on any atom is 0.223 e. The molecule has 0 unspecified atom stereocenters. The van der Waals surface area contributed by atoms with E-state index < -0.39 is 11.4 Å². The highest BCUT2D eigenvalue weighted by molar-refractivity contribution is 5.95. The van der Waals surface area contributed by atoms with Gasteiger partial charge in [-0.25, -0.2) is 14.4 Å². The van der Waals surface area contributed by atoms with Gasteiger partial charge in [-0.05, 0) is 32.8 Å². The van der Waals surface area contributed by atoms with Crippen LogP contribution >= 0.6 is 0 Å². The van der Waals surface area contributed by atoms with Gasteiger partial charge in [0.15, 0.2) is 11.5 Å². The van der Waals surface area contributed by atoms with E-state index in [2.05, 4.69) is 20.1 Å². The number of aliphatic hydroxyl groups is 1. The molecule has 174 valence electrons. The number of aromatic nitrogens is 6. The van der Waals surface area contributed by atoms with Crippen LogP contribution in [0.1, 0.15) is 38.4 Å². The highest BCUT2D eigenvalue weighted by atomic mass is 19.1. The van der Waals surface area contributed by atoms with Gasteiger partial charge in [0.05, 0.1) is 36.5 Å². The molecule has 1 saturated heterocycles. The lowest BCUT2D eigenvalue weighted by molar-refractivity contribution is 0.0577. The Kier molecular flexibility index (Phi) is 5.08. The highest BCUT2D eigenvalue weighted by Gasteiger charge is 2.27. The number of methoxy groups -OCH3 is 1. The monoisotopic (exact) mass is 454 g/mol. The molecule has 4 aromatic rings. The van der Waals surface area contributed by atoms with E-state index >= 15 is 0 Å². The van der Waals surface area contributed by atoms with Crippen molar-refractivity contribution in [3.63, 3.8) is 0 Å². The summed E-state index contributed by atoms with van der Waals surface area (Å²) in [5.41, 5.74) is 7.22. The molecule has 5 rings (SSSR count). The average Bonchev–Trinajstić information content (AvgIpc) is 3.41. The Bertz CT molecular complexity index is 1330.